The summed E-state index contributed by atoms with van der Waals surface area (Å²) >= 11 is 0. The molecule has 3 aromatic heterocycles. The highest BCUT2D eigenvalue weighted by Crippen LogP contribution is 2.35. The molecule has 2 bridgehead atoms. The molecule has 2 saturated heterocycles. The third kappa shape index (κ3) is 3.28. The third-order valence-corrected chi connectivity index (χ3v) is 5.76. The monoisotopic (exact) mass is 409 g/mol. The Kier molecular flexibility index (Phi) is 4.23. The molecule has 2 aliphatic rings. The first-order valence-corrected chi connectivity index (χ1v) is 10.4. The first kappa shape index (κ1) is 18.9. The van der Waals surface area contributed by atoms with Crippen molar-refractivity contribution in [3.8, 4) is 11.3 Å². The molecular weight excluding hydrogens is 382 g/mol. The van der Waals surface area contributed by atoms with Crippen LogP contribution in [0.5, 0.6) is 0 Å². The lowest BCUT2D eigenvalue weighted by Crippen LogP contribution is -2.57. The number of amides is 1. The van der Waals surface area contributed by atoms with Crippen molar-refractivity contribution >= 4 is 17.4 Å². The summed E-state index contributed by atoms with van der Waals surface area (Å²) in [6.07, 6.45) is 9.25. The van der Waals surface area contributed by atoms with Gasteiger partial charge in [0.15, 0.2) is 5.82 Å². The van der Waals surface area contributed by atoms with Gasteiger partial charge < -0.3 is 9.64 Å². The van der Waals surface area contributed by atoms with E-state index in [-0.39, 0.29) is 18.2 Å². The number of aromatic nitrogens is 5. The lowest BCUT2D eigenvalue weighted by molar-refractivity contribution is 0.0123. The van der Waals surface area contributed by atoms with Crippen LogP contribution in [0.25, 0.3) is 16.8 Å². The maximum Gasteiger partial charge on any atom is 0.410 e. The quantitative estimate of drug-likeness (QED) is 0.647. The van der Waals surface area contributed by atoms with Crippen molar-refractivity contribution in [3.63, 3.8) is 0 Å². The first-order valence-electron chi connectivity index (χ1n) is 10.4. The summed E-state index contributed by atoms with van der Waals surface area (Å²) in [6, 6.07) is 2.24. The van der Waals surface area contributed by atoms with Gasteiger partial charge in [0.1, 0.15) is 11.1 Å². The molecule has 0 saturated carbocycles. The summed E-state index contributed by atoms with van der Waals surface area (Å²) in [6.45, 7) is 7.20. The van der Waals surface area contributed by atoms with Crippen LogP contribution in [-0.2, 0) is 11.8 Å². The van der Waals surface area contributed by atoms with Crippen LogP contribution in [0.15, 0.2) is 30.9 Å². The normalized spacial score (nSPS) is 21.5. The fourth-order valence-electron chi connectivity index (χ4n) is 4.52. The number of carbonyl (C=O) groups excluding carboxylic acids is 1. The molecule has 9 heteroatoms. The van der Waals surface area contributed by atoms with Crippen LogP contribution in [0.3, 0.4) is 0 Å². The number of piperazine rings is 1. The molecule has 9 nitrogen and oxygen atoms in total. The highest BCUT2D eigenvalue weighted by molar-refractivity contribution is 5.74. The van der Waals surface area contributed by atoms with Crippen LogP contribution >= 0.6 is 0 Å². The number of carbonyl (C=O) groups is 1. The van der Waals surface area contributed by atoms with E-state index in [2.05, 4.69) is 15.1 Å². The molecule has 0 aliphatic carbocycles. The van der Waals surface area contributed by atoms with Gasteiger partial charge in [-0.15, -0.1) is 0 Å². The van der Waals surface area contributed by atoms with Crippen molar-refractivity contribution in [1.29, 1.82) is 0 Å². The van der Waals surface area contributed by atoms with Crippen molar-refractivity contribution in [3.05, 3.63) is 30.9 Å². The van der Waals surface area contributed by atoms with Gasteiger partial charge in [-0.25, -0.2) is 14.3 Å². The number of aryl methyl sites for hydroxylation is 1. The Morgan fingerprint density at radius 2 is 1.87 bits per heavy atom. The summed E-state index contributed by atoms with van der Waals surface area (Å²) in [5.74, 6) is 0.898. The van der Waals surface area contributed by atoms with Gasteiger partial charge in [0, 0.05) is 31.9 Å². The Hall–Kier alpha value is -3.10. The average molecular weight is 409 g/mol. The molecule has 158 valence electrons. The number of anilines is 1. The van der Waals surface area contributed by atoms with E-state index in [0.717, 1.165) is 48.5 Å². The van der Waals surface area contributed by atoms with Crippen molar-refractivity contribution in [1.82, 2.24) is 29.3 Å². The summed E-state index contributed by atoms with van der Waals surface area (Å²) < 4.78 is 9.30. The highest BCUT2D eigenvalue weighted by Gasteiger charge is 2.45. The lowest BCUT2D eigenvalue weighted by atomic mass is 10.1. The first-order chi connectivity index (χ1) is 14.3. The van der Waals surface area contributed by atoms with Crippen molar-refractivity contribution in [2.24, 2.45) is 7.05 Å². The molecule has 0 aromatic carbocycles. The van der Waals surface area contributed by atoms with Gasteiger partial charge in [-0.05, 0) is 39.7 Å². The second-order valence-electron chi connectivity index (χ2n) is 9.19. The zero-order chi connectivity index (χ0) is 21.0. The van der Waals surface area contributed by atoms with Crippen LogP contribution in [0.1, 0.15) is 33.6 Å². The second kappa shape index (κ2) is 6.72. The number of ether oxygens (including phenoxy) is 1. The summed E-state index contributed by atoms with van der Waals surface area (Å²) in [7, 11) is 1.89. The lowest BCUT2D eigenvalue weighted by Gasteiger charge is -2.42. The maximum atomic E-state index is 12.8. The minimum absolute atomic E-state index is 0.130. The summed E-state index contributed by atoms with van der Waals surface area (Å²) in [5, 5.41) is 8.71. The molecule has 2 aliphatic heterocycles. The second-order valence-corrected chi connectivity index (χ2v) is 9.19. The van der Waals surface area contributed by atoms with E-state index in [1.54, 1.807) is 10.9 Å². The van der Waals surface area contributed by atoms with E-state index in [4.69, 9.17) is 9.72 Å². The maximum absolute atomic E-state index is 12.8. The molecule has 0 spiro atoms. The third-order valence-electron chi connectivity index (χ3n) is 5.76. The summed E-state index contributed by atoms with van der Waals surface area (Å²) in [4.78, 5) is 22.0. The minimum atomic E-state index is -0.489. The van der Waals surface area contributed by atoms with E-state index >= 15 is 0 Å². The molecular formula is C21H27N7O2. The van der Waals surface area contributed by atoms with Gasteiger partial charge in [-0.3, -0.25) is 9.58 Å². The Labute approximate surface area is 175 Å². The minimum Gasteiger partial charge on any atom is -0.444 e. The Bertz CT molecular complexity index is 1080. The molecule has 5 rings (SSSR count). The van der Waals surface area contributed by atoms with Gasteiger partial charge in [0.05, 0.1) is 36.4 Å². The SMILES string of the molecule is Cn1cc(-c2cn3nccc3c(N3C[C@H]4CC[C@@H](C3)N4C(=O)OC(C)(C)C)n2)cn1. The number of fused-ring (bicyclic) bond motifs is 3. The van der Waals surface area contributed by atoms with Gasteiger partial charge in [0.25, 0.3) is 0 Å². The zero-order valence-electron chi connectivity index (χ0n) is 17.8. The molecule has 5 heterocycles. The molecule has 0 N–H and O–H groups in total. The smallest absolute Gasteiger partial charge is 0.410 e. The van der Waals surface area contributed by atoms with Crippen molar-refractivity contribution < 1.29 is 9.53 Å². The molecule has 1 amide bonds. The fraction of sp³-hybridized carbons (Fsp3) is 0.524. The number of rotatable bonds is 2. The van der Waals surface area contributed by atoms with E-state index in [1.807, 2.05) is 61.9 Å². The number of nitrogens with zero attached hydrogens (tertiary/aromatic N) is 7. The van der Waals surface area contributed by atoms with E-state index in [9.17, 15) is 4.79 Å². The van der Waals surface area contributed by atoms with E-state index < -0.39 is 5.60 Å². The Morgan fingerprint density at radius 3 is 2.50 bits per heavy atom. The van der Waals surface area contributed by atoms with Gasteiger partial charge >= 0.3 is 6.09 Å². The highest BCUT2D eigenvalue weighted by atomic mass is 16.6. The van der Waals surface area contributed by atoms with Crippen LogP contribution in [0, 0.1) is 0 Å². The van der Waals surface area contributed by atoms with E-state index in [1.165, 1.54) is 0 Å². The van der Waals surface area contributed by atoms with E-state index in [0.29, 0.717) is 0 Å². The Morgan fingerprint density at radius 1 is 1.13 bits per heavy atom. The zero-order valence-corrected chi connectivity index (χ0v) is 17.8. The number of hydrogen-bond donors (Lipinski definition) is 0. The predicted molar refractivity (Wildman–Crippen MR) is 112 cm³/mol. The molecule has 3 aromatic rings. The van der Waals surface area contributed by atoms with Gasteiger partial charge in [0.2, 0.25) is 0 Å². The van der Waals surface area contributed by atoms with Crippen molar-refractivity contribution in [2.75, 3.05) is 18.0 Å². The van der Waals surface area contributed by atoms with Gasteiger partial charge in [-0.2, -0.15) is 10.2 Å². The van der Waals surface area contributed by atoms with Crippen LogP contribution in [0.4, 0.5) is 10.6 Å². The molecule has 0 unspecified atom stereocenters. The van der Waals surface area contributed by atoms with Crippen LogP contribution < -0.4 is 4.90 Å². The Balaban J connectivity index is 1.46. The molecule has 0 radical (unpaired) electrons. The molecule has 2 fully saturated rings. The number of hydrogen-bond acceptors (Lipinski definition) is 6. The summed E-state index contributed by atoms with van der Waals surface area (Å²) in [5.41, 5.74) is 2.26. The molecule has 30 heavy (non-hydrogen) atoms. The molecule has 2 atom stereocenters. The standard InChI is InChI=1S/C21H27N7O2/c1-21(2,3)30-20(29)28-15-5-6-16(28)12-26(11-15)19-18-7-8-22-27(18)13-17(24-19)14-9-23-25(4)10-14/h7-10,13,15-16H,5-6,11-12H2,1-4H3/t15-,16+. The average Bonchev–Trinajstić information content (AvgIpc) is 3.37. The largest absolute Gasteiger partial charge is 0.444 e. The van der Waals surface area contributed by atoms with Crippen LogP contribution in [0.2, 0.25) is 0 Å². The fourth-order valence-corrected chi connectivity index (χ4v) is 4.52. The topological polar surface area (TPSA) is 80.8 Å². The van der Waals surface area contributed by atoms with Crippen molar-refractivity contribution in [2.45, 2.75) is 51.3 Å². The van der Waals surface area contributed by atoms with Crippen LogP contribution in [-0.4, -0.2) is 66.1 Å². The predicted octanol–water partition coefficient (Wildman–Crippen LogP) is 2.72. The van der Waals surface area contributed by atoms with Gasteiger partial charge in [-0.1, -0.05) is 0 Å².